The van der Waals surface area contributed by atoms with Gasteiger partial charge in [0.15, 0.2) is 11.5 Å². The molecule has 0 spiro atoms. The highest BCUT2D eigenvalue weighted by molar-refractivity contribution is 6.04. The zero-order chi connectivity index (χ0) is 18.2. The molecule has 1 aliphatic carbocycles. The fourth-order valence-electron chi connectivity index (χ4n) is 2.96. The molecule has 1 aromatic rings. The average Bonchev–Trinajstić information content (AvgIpc) is 3.09. The minimum Gasteiger partial charge on any atom is -0.493 e. The first kappa shape index (κ1) is 17.6. The summed E-state index contributed by atoms with van der Waals surface area (Å²) in [6.07, 6.45) is 0. The molecule has 3 N–H and O–H groups in total. The number of rotatable bonds is 6. The largest absolute Gasteiger partial charge is 0.493 e. The van der Waals surface area contributed by atoms with Crippen LogP contribution >= 0.6 is 0 Å². The van der Waals surface area contributed by atoms with E-state index in [2.05, 4.69) is 5.32 Å². The molecule has 1 saturated carbocycles. The number of benzene rings is 1. The average molecular weight is 337 g/mol. The van der Waals surface area contributed by atoms with Crippen LogP contribution in [-0.4, -0.2) is 42.3 Å². The van der Waals surface area contributed by atoms with E-state index >= 15 is 0 Å². The van der Waals surface area contributed by atoms with E-state index < -0.39 is 35.1 Å². The van der Waals surface area contributed by atoms with Crippen molar-refractivity contribution in [1.29, 1.82) is 0 Å². The minimum absolute atomic E-state index is 0.0250. The summed E-state index contributed by atoms with van der Waals surface area (Å²) in [6, 6.07) is 2.58. The number of aromatic carboxylic acids is 1. The van der Waals surface area contributed by atoms with Crippen molar-refractivity contribution >= 4 is 23.5 Å². The van der Waals surface area contributed by atoms with Crippen molar-refractivity contribution in [2.24, 2.45) is 17.3 Å². The van der Waals surface area contributed by atoms with Gasteiger partial charge in [-0.3, -0.25) is 9.59 Å². The number of ether oxygens (including phenoxy) is 2. The maximum Gasteiger partial charge on any atom is 0.337 e. The molecular weight excluding hydrogens is 318 g/mol. The van der Waals surface area contributed by atoms with Gasteiger partial charge in [0, 0.05) is 12.1 Å². The van der Waals surface area contributed by atoms with Gasteiger partial charge in [0.1, 0.15) is 0 Å². The Bertz CT molecular complexity index is 711. The summed E-state index contributed by atoms with van der Waals surface area (Å²) in [5.74, 6) is -3.91. The fraction of sp³-hybridized carbons (Fsp3) is 0.438. The first-order chi connectivity index (χ1) is 11.1. The minimum atomic E-state index is -1.25. The molecule has 0 heterocycles. The molecule has 0 bridgehead atoms. The van der Waals surface area contributed by atoms with Crippen LogP contribution in [0.3, 0.4) is 0 Å². The molecule has 8 nitrogen and oxygen atoms in total. The first-order valence-electron chi connectivity index (χ1n) is 7.18. The van der Waals surface area contributed by atoms with Gasteiger partial charge in [-0.15, -0.1) is 0 Å². The van der Waals surface area contributed by atoms with E-state index in [-0.39, 0.29) is 22.7 Å². The van der Waals surface area contributed by atoms with E-state index in [0.717, 1.165) is 0 Å². The van der Waals surface area contributed by atoms with E-state index in [1.54, 1.807) is 13.8 Å². The quantitative estimate of drug-likeness (QED) is 0.722. The summed E-state index contributed by atoms with van der Waals surface area (Å²) >= 11 is 0. The number of aliphatic carboxylic acids is 1. The molecule has 0 aliphatic heterocycles. The van der Waals surface area contributed by atoms with Crippen LogP contribution in [0.2, 0.25) is 0 Å². The van der Waals surface area contributed by atoms with Gasteiger partial charge in [-0.05, 0) is 5.41 Å². The van der Waals surface area contributed by atoms with Crippen molar-refractivity contribution in [3.8, 4) is 11.5 Å². The predicted octanol–water partition coefficient (Wildman–Crippen LogP) is 1.70. The van der Waals surface area contributed by atoms with Crippen LogP contribution in [-0.2, 0) is 9.59 Å². The lowest BCUT2D eigenvalue weighted by atomic mass is 10.1. The van der Waals surface area contributed by atoms with Gasteiger partial charge >= 0.3 is 11.9 Å². The summed E-state index contributed by atoms with van der Waals surface area (Å²) in [7, 11) is 2.75. The van der Waals surface area contributed by atoms with Gasteiger partial charge in [-0.25, -0.2) is 4.79 Å². The van der Waals surface area contributed by atoms with E-state index in [9.17, 15) is 19.5 Å². The van der Waals surface area contributed by atoms with Crippen LogP contribution in [0.15, 0.2) is 12.1 Å². The van der Waals surface area contributed by atoms with Gasteiger partial charge in [0.2, 0.25) is 5.91 Å². The van der Waals surface area contributed by atoms with Crippen LogP contribution in [0.25, 0.3) is 0 Å². The molecular formula is C16H19NO7. The number of hydrogen-bond acceptors (Lipinski definition) is 5. The molecule has 1 aromatic carbocycles. The normalized spacial score (nSPS) is 20.8. The SMILES string of the molecule is COc1cc(NC(=O)[C@@H]2[C@@H](C(=O)O)C2(C)C)c(C(=O)O)cc1OC. The van der Waals surface area contributed by atoms with E-state index in [4.69, 9.17) is 14.6 Å². The standard InChI is InChI=1S/C16H19NO7/c1-16(2)11(12(16)15(21)22)13(18)17-8-6-10(24-4)9(23-3)5-7(8)14(19)20/h5-6,11-12H,1-4H3,(H,17,18)(H,19,20)(H,21,22)/t11-,12-/m0/s1. The topological polar surface area (TPSA) is 122 Å². The second-order valence-corrected chi connectivity index (χ2v) is 6.16. The number of carboxylic acid groups (broad SMARTS) is 2. The van der Waals surface area contributed by atoms with Crippen molar-refractivity contribution in [2.45, 2.75) is 13.8 Å². The van der Waals surface area contributed by atoms with E-state index in [1.165, 1.54) is 26.4 Å². The lowest BCUT2D eigenvalue weighted by Crippen LogP contribution is -2.19. The second kappa shape index (κ2) is 6.03. The van der Waals surface area contributed by atoms with Gasteiger partial charge in [0.05, 0.1) is 37.3 Å². The zero-order valence-electron chi connectivity index (χ0n) is 13.7. The molecule has 24 heavy (non-hydrogen) atoms. The number of carbonyl (C=O) groups is 3. The molecule has 1 aliphatic rings. The van der Waals surface area contributed by atoms with Crippen LogP contribution in [0.5, 0.6) is 11.5 Å². The highest BCUT2D eigenvalue weighted by Crippen LogP contribution is 2.58. The number of carbonyl (C=O) groups excluding carboxylic acids is 1. The molecule has 0 radical (unpaired) electrons. The monoisotopic (exact) mass is 337 g/mol. The lowest BCUT2D eigenvalue weighted by molar-refractivity contribution is -0.140. The van der Waals surface area contributed by atoms with Crippen molar-refractivity contribution in [1.82, 2.24) is 0 Å². The maximum absolute atomic E-state index is 12.4. The number of hydrogen-bond donors (Lipinski definition) is 3. The smallest absolute Gasteiger partial charge is 0.337 e. The van der Waals surface area contributed by atoms with Crippen LogP contribution in [0.4, 0.5) is 5.69 Å². The summed E-state index contributed by atoms with van der Waals surface area (Å²) in [5.41, 5.74) is -0.834. The molecule has 130 valence electrons. The van der Waals surface area contributed by atoms with Crippen molar-refractivity contribution in [2.75, 3.05) is 19.5 Å². The second-order valence-electron chi connectivity index (χ2n) is 6.16. The molecule has 0 unspecified atom stereocenters. The Morgan fingerprint density at radius 3 is 2.00 bits per heavy atom. The van der Waals surface area contributed by atoms with Crippen LogP contribution in [0, 0.1) is 17.3 Å². The number of carboxylic acids is 2. The lowest BCUT2D eigenvalue weighted by Gasteiger charge is -2.14. The highest BCUT2D eigenvalue weighted by Gasteiger charge is 2.65. The number of amides is 1. The fourth-order valence-corrected chi connectivity index (χ4v) is 2.96. The van der Waals surface area contributed by atoms with Crippen molar-refractivity contribution < 1.29 is 34.1 Å². The summed E-state index contributed by atoms with van der Waals surface area (Å²) in [5, 5.41) is 21.0. The Balaban J connectivity index is 2.34. The van der Waals surface area contributed by atoms with Crippen molar-refractivity contribution in [3.63, 3.8) is 0 Å². The van der Waals surface area contributed by atoms with Crippen LogP contribution < -0.4 is 14.8 Å². The molecule has 2 atom stereocenters. The Labute approximate surface area is 138 Å². The third-order valence-electron chi connectivity index (χ3n) is 4.39. The zero-order valence-corrected chi connectivity index (χ0v) is 13.7. The molecule has 8 heteroatoms. The molecule has 2 rings (SSSR count). The van der Waals surface area contributed by atoms with Gasteiger partial charge in [-0.2, -0.15) is 0 Å². The maximum atomic E-state index is 12.4. The van der Waals surface area contributed by atoms with Crippen LogP contribution in [0.1, 0.15) is 24.2 Å². The number of nitrogens with one attached hydrogen (secondary N) is 1. The Morgan fingerprint density at radius 1 is 1.04 bits per heavy atom. The molecule has 1 amide bonds. The molecule has 0 saturated heterocycles. The van der Waals surface area contributed by atoms with Gasteiger partial charge in [-0.1, -0.05) is 13.8 Å². The Hall–Kier alpha value is -2.77. The molecule has 1 fully saturated rings. The third-order valence-corrected chi connectivity index (χ3v) is 4.39. The Kier molecular flexibility index (Phi) is 4.42. The first-order valence-corrected chi connectivity index (χ1v) is 7.18. The number of anilines is 1. The van der Waals surface area contributed by atoms with Gasteiger partial charge in [0.25, 0.3) is 0 Å². The summed E-state index contributed by atoms with van der Waals surface area (Å²) in [4.78, 5) is 35.0. The predicted molar refractivity (Wildman–Crippen MR) is 83.5 cm³/mol. The highest BCUT2D eigenvalue weighted by atomic mass is 16.5. The Morgan fingerprint density at radius 2 is 1.58 bits per heavy atom. The molecule has 0 aromatic heterocycles. The number of methoxy groups -OCH3 is 2. The van der Waals surface area contributed by atoms with Crippen molar-refractivity contribution in [3.05, 3.63) is 17.7 Å². The summed E-state index contributed by atoms with van der Waals surface area (Å²) < 4.78 is 10.2. The van der Waals surface area contributed by atoms with E-state index in [1.807, 2.05) is 0 Å². The third kappa shape index (κ3) is 2.86. The van der Waals surface area contributed by atoms with Gasteiger partial charge < -0.3 is 25.0 Å². The summed E-state index contributed by atoms with van der Waals surface area (Å²) in [6.45, 7) is 3.37. The van der Waals surface area contributed by atoms with E-state index in [0.29, 0.717) is 0 Å².